The molecule has 2 amide bonds. The van der Waals surface area contributed by atoms with Crippen LogP contribution in [0.1, 0.15) is 20.3 Å². The molecule has 1 aliphatic rings. The summed E-state index contributed by atoms with van der Waals surface area (Å²) >= 11 is 0. The molecule has 4 N–H and O–H groups in total. The van der Waals surface area contributed by atoms with Gasteiger partial charge >= 0.3 is 0 Å². The molecule has 1 rings (SSSR count). The number of nitrogens with zero attached hydrogens (tertiary/aromatic N) is 1. The highest BCUT2D eigenvalue weighted by atomic mass is 16.2. The van der Waals surface area contributed by atoms with E-state index in [1.165, 1.54) is 4.90 Å². The van der Waals surface area contributed by atoms with Crippen LogP contribution in [0.5, 0.6) is 0 Å². The monoisotopic (exact) mass is 199 g/mol. The number of amides is 2. The van der Waals surface area contributed by atoms with Crippen molar-refractivity contribution in [3.8, 4) is 0 Å². The Morgan fingerprint density at radius 2 is 2.07 bits per heavy atom. The number of rotatable bonds is 3. The summed E-state index contributed by atoms with van der Waals surface area (Å²) < 4.78 is 0. The minimum absolute atomic E-state index is 0.0879. The Kier molecular flexibility index (Phi) is 2.80. The fraction of sp³-hybridized carbons (Fsp3) is 0.778. The maximum atomic E-state index is 11.8. The van der Waals surface area contributed by atoms with E-state index in [4.69, 9.17) is 11.5 Å². The van der Waals surface area contributed by atoms with Gasteiger partial charge in [0.15, 0.2) is 0 Å². The number of carbonyl (C=O) groups is 2. The zero-order valence-electron chi connectivity index (χ0n) is 8.62. The van der Waals surface area contributed by atoms with Gasteiger partial charge in [-0.3, -0.25) is 9.59 Å². The molecule has 0 bridgehead atoms. The average Bonchev–Trinajstić information content (AvgIpc) is 2.01. The second kappa shape index (κ2) is 3.57. The molecule has 1 fully saturated rings. The molecule has 1 saturated heterocycles. The van der Waals surface area contributed by atoms with Crippen LogP contribution in [0.2, 0.25) is 0 Å². The minimum atomic E-state index is -0.603. The quantitative estimate of drug-likeness (QED) is 0.614. The molecule has 1 unspecified atom stereocenters. The van der Waals surface area contributed by atoms with Crippen molar-refractivity contribution in [2.24, 2.45) is 16.9 Å². The maximum Gasteiger partial charge on any atom is 0.240 e. The third kappa shape index (κ3) is 1.72. The first-order chi connectivity index (χ1) is 6.40. The second-order valence-electron chi connectivity index (χ2n) is 4.29. The van der Waals surface area contributed by atoms with Crippen molar-refractivity contribution in [3.63, 3.8) is 0 Å². The van der Waals surface area contributed by atoms with Crippen LogP contribution >= 0.6 is 0 Å². The normalized spacial score (nSPS) is 21.6. The minimum Gasteiger partial charge on any atom is -0.368 e. The predicted octanol–water partition coefficient (Wildman–Crippen LogP) is -0.942. The zero-order chi connectivity index (χ0) is 10.9. The Balaban J connectivity index is 2.67. The van der Waals surface area contributed by atoms with Crippen LogP contribution in [-0.4, -0.2) is 35.8 Å². The largest absolute Gasteiger partial charge is 0.368 e. The highest BCUT2D eigenvalue weighted by Gasteiger charge is 2.41. The highest BCUT2D eigenvalue weighted by Crippen LogP contribution is 2.25. The smallest absolute Gasteiger partial charge is 0.240 e. The van der Waals surface area contributed by atoms with Gasteiger partial charge in [0.25, 0.3) is 0 Å². The third-order valence-corrected chi connectivity index (χ3v) is 2.70. The number of nitrogens with two attached hydrogens (primary N) is 2. The fourth-order valence-corrected chi connectivity index (χ4v) is 1.40. The molecule has 5 heteroatoms. The first kappa shape index (κ1) is 11.0. The number of carbonyl (C=O) groups excluding carboxylic acids is 2. The van der Waals surface area contributed by atoms with Gasteiger partial charge in [0.05, 0.1) is 5.41 Å². The summed E-state index contributed by atoms with van der Waals surface area (Å²) in [5, 5.41) is 0. The van der Waals surface area contributed by atoms with E-state index in [1.54, 1.807) is 13.8 Å². The summed E-state index contributed by atoms with van der Waals surface area (Å²) in [6.45, 7) is 4.42. The molecule has 0 radical (unpaired) electrons. The highest BCUT2D eigenvalue weighted by molar-refractivity contribution is 5.90. The number of hydrogen-bond acceptors (Lipinski definition) is 3. The van der Waals surface area contributed by atoms with E-state index >= 15 is 0 Å². The van der Waals surface area contributed by atoms with Crippen LogP contribution in [0.3, 0.4) is 0 Å². The van der Waals surface area contributed by atoms with Gasteiger partial charge in [-0.15, -0.1) is 0 Å². The average molecular weight is 199 g/mol. The third-order valence-electron chi connectivity index (χ3n) is 2.70. The van der Waals surface area contributed by atoms with E-state index in [0.717, 1.165) is 0 Å². The summed E-state index contributed by atoms with van der Waals surface area (Å²) in [7, 11) is 0. The Morgan fingerprint density at radius 3 is 2.36 bits per heavy atom. The number of likely N-dealkylation sites (tertiary alicyclic amines) is 1. The van der Waals surface area contributed by atoms with Crippen LogP contribution in [-0.2, 0) is 9.59 Å². The molecule has 1 aliphatic heterocycles. The molecule has 1 atom stereocenters. The predicted molar refractivity (Wildman–Crippen MR) is 52.1 cm³/mol. The van der Waals surface area contributed by atoms with E-state index in [2.05, 4.69) is 0 Å². The Labute approximate surface area is 83.4 Å². The Morgan fingerprint density at radius 1 is 1.50 bits per heavy atom. The lowest BCUT2D eigenvalue weighted by molar-refractivity contribution is -0.153. The first-order valence-corrected chi connectivity index (χ1v) is 4.70. The molecule has 80 valence electrons. The van der Waals surface area contributed by atoms with Crippen LogP contribution < -0.4 is 11.5 Å². The standard InChI is InChI=1S/C9H17N3O2/c1-9(2,5-10)8(14)12-4-3-6(12)7(11)13/h6H,3-5,10H2,1-2H3,(H2,11,13). The van der Waals surface area contributed by atoms with E-state index in [1.807, 2.05) is 0 Å². The van der Waals surface area contributed by atoms with E-state index in [9.17, 15) is 9.59 Å². The topological polar surface area (TPSA) is 89.4 Å². The molecule has 5 nitrogen and oxygen atoms in total. The summed E-state index contributed by atoms with van der Waals surface area (Å²) in [6.07, 6.45) is 0.668. The van der Waals surface area contributed by atoms with E-state index < -0.39 is 17.4 Å². The lowest BCUT2D eigenvalue weighted by atomic mass is 9.88. The summed E-state index contributed by atoms with van der Waals surface area (Å²) in [5.74, 6) is -0.521. The Hall–Kier alpha value is -1.10. The van der Waals surface area contributed by atoms with Crippen molar-refractivity contribution in [2.45, 2.75) is 26.3 Å². The van der Waals surface area contributed by atoms with Crippen molar-refractivity contribution in [3.05, 3.63) is 0 Å². The molecule has 14 heavy (non-hydrogen) atoms. The number of hydrogen-bond donors (Lipinski definition) is 2. The van der Waals surface area contributed by atoms with Gasteiger partial charge in [-0.05, 0) is 20.3 Å². The van der Waals surface area contributed by atoms with E-state index in [-0.39, 0.29) is 12.5 Å². The SMILES string of the molecule is CC(C)(CN)C(=O)N1CCC1C(N)=O. The van der Waals surface area contributed by atoms with Crippen molar-refractivity contribution in [1.82, 2.24) is 4.90 Å². The molecule has 0 aromatic carbocycles. The van der Waals surface area contributed by atoms with Crippen molar-refractivity contribution in [1.29, 1.82) is 0 Å². The van der Waals surface area contributed by atoms with Crippen LogP contribution in [0.25, 0.3) is 0 Å². The van der Waals surface area contributed by atoms with Gasteiger partial charge in [-0.2, -0.15) is 0 Å². The molecule has 0 aliphatic carbocycles. The van der Waals surface area contributed by atoms with Crippen LogP contribution in [0, 0.1) is 5.41 Å². The van der Waals surface area contributed by atoms with Gasteiger partial charge < -0.3 is 16.4 Å². The Bertz CT molecular complexity index is 263. The molecule has 0 aromatic heterocycles. The molecular formula is C9H17N3O2. The van der Waals surface area contributed by atoms with Gasteiger partial charge in [-0.25, -0.2) is 0 Å². The van der Waals surface area contributed by atoms with Gasteiger partial charge in [0.2, 0.25) is 11.8 Å². The lowest BCUT2D eigenvalue weighted by Crippen LogP contribution is -2.61. The van der Waals surface area contributed by atoms with Crippen molar-refractivity contribution in [2.75, 3.05) is 13.1 Å². The molecule has 1 heterocycles. The lowest BCUT2D eigenvalue weighted by Gasteiger charge is -2.42. The molecule has 0 saturated carbocycles. The van der Waals surface area contributed by atoms with Crippen LogP contribution in [0.4, 0.5) is 0 Å². The molecule has 0 aromatic rings. The van der Waals surface area contributed by atoms with Gasteiger partial charge in [-0.1, -0.05) is 0 Å². The van der Waals surface area contributed by atoms with Crippen LogP contribution in [0.15, 0.2) is 0 Å². The first-order valence-electron chi connectivity index (χ1n) is 4.70. The fourth-order valence-electron chi connectivity index (χ4n) is 1.40. The van der Waals surface area contributed by atoms with Crippen molar-refractivity contribution >= 4 is 11.8 Å². The number of primary amides is 1. The van der Waals surface area contributed by atoms with Crippen molar-refractivity contribution < 1.29 is 9.59 Å². The zero-order valence-corrected chi connectivity index (χ0v) is 8.62. The summed E-state index contributed by atoms with van der Waals surface area (Å²) in [5.41, 5.74) is 10.0. The summed E-state index contributed by atoms with van der Waals surface area (Å²) in [6, 6.07) is -0.423. The van der Waals surface area contributed by atoms with Gasteiger partial charge in [0.1, 0.15) is 6.04 Å². The van der Waals surface area contributed by atoms with E-state index in [0.29, 0.717) is 13.0 Å². The maximum absolute atomic E-state index is 11.8. The van der Waals surface area contributed by atoms with Gasteiger partial charge in [0, 0.05) is 13.1 Å². The summed E-state index contributed by atoms with van der Waals surface area (Å²) in [4.78, 5) is 24.2. The molecule has 0 spiro atoms. The second-order valence-corrected chi connectivity index (χ2v) is 4.29. The molecular weight excluding hydrogens is 182 g/mol.